The Bertz CT molecular complexity index is 897. The molecule has 0 spiro atoms. The van der Waals surface area contributed by atoms with Crippen molar-refractivity contribution in [3.05, 3.63) is 59.7 Å². The zero-order chi connectivity index (χ0) is 23.0. The lowest BCUT2D eigenvalue weighted by Crippen LogP contribution is -2.48. The molecule has 2 heterocycles. The fourth-order valence-electron chi connectivity index (χ4n) is 5.09. The fraction of sp³-hybridized carbons (Fsp3) is 0.519. The minimum absolute atomic E-state index is 0.178. The number of nitrogens with zero attached hydrogens (tertiary/aromatic N) is 3. The number of aromatic hydroxyl groups is 1. The average molecular weight is 452 g/mol. The van der Waals surface area contributed by atoms with Crippen molar-refractivity contribution in [2.24, 2.45) is 5.92 Å². The highest BCUT2D eigenvalue weighted by atomic mass is 16.5. The molecule has 1 amide bonds. The molecule has 0 aromatic heterocycles. The molecule has 2 aromatic rings. The van der Waals surface area contributed by atoms with E-state index in [9.17, 15) is 9.90 Å². The second-order valence-electron chi connectivity index (χ2n) is 9.43. The van der Waals surface area contributed by atoms with Crippen molar-refractivity contribution in [2.75, 3.05) is 46.4 Å². The van der Waals surface area contributed by atoms with Gasteiger partial charge < -0.3 is 14.7 Å². The fourth-order valence-corrected chi connectivity index (χ4v) is 5.09. The number of hydrogen-bond acceptors (Lipinski definition) is 5. The van der Waals surface area contributed by atoms with E-state index in [2.05, 4.69) is 45.0 Å². The minimum atomic E-state index is 0.178. The van der Waals surface area contributed by atoms with Crippen LogP contribution in [-0.4, -0.2) is 72.1 Å². The first-order valence-corrected chi connectivity index (χ1v) is 12.2. The minimum Gasteiger partial charge on any atom is -0.504 e. The molecule has 0 radical (unpaired) electrons. The summed E-state index contributed by atoms with van der Waals surface area (Å²) in [6, 6.07) is 16.1. The van der Waals surface area contributed by atoms with Gasteiger partial charge in [0.15, 0.2) is 11.5 Å². The Kier molecular flexibility index (Phi) is 8.24. The lowest BCUT2D eigenvalue weighted by molar-refractivity contribution is -0.133. The summed E-state index contributed by atoms with van der Waals surface area (Å²) in [6.07, 6.45) is 4.00. The van der Waals surface area contributed by atoms with Crippen LogP contribution < -0.4 is 4.74 Å². The second-order valence-corrected chi connectivity index (χ2v) is 9.43. The van der Waals surface area contributed by atoms with Crippen LogP contribution in [0.5, 0.6) is 11.5 Å². The molecule has 6 nitrogen and oxygen atoms in total. The Morgan fingerprint density at radius 2 is 1.73 bits per heavy atom. The number of amides is 1. The van der Waals surface area contributed by atoms with Crippen LogP contribution in [0.3, 0.4) is 0 Å². The maximum Gasteiger partial charge on any atom is 0.222 e. The van der Waals surface area contributed by atoms with E-state index >= 15 is 0 Å². The number of carbonyl (C=O) groups excluding carboxylic acids is 1. The number of phenols is 1. The van der Waals surface area contributed by atoms with Crippen molar-refractivity contribution in [3.63, 3.8) is 0 Å². The van der Waals surface area contributed by atoms with Crippen LogP contribution >= 0.6 is 0 Å². The molecule has 1 atom stereocenters. The number of benzene rings is 2. The zero-order valence-electron chi connectivity index (χ0n) is 19.8. The van der Waals surface area contributed by atoms with Crippen LogP contribution in [0, 0.1) is 5.92 Å². The first kappa shape index (κ1) is 23.6. The standard InChI is InChI=1S/C27H37N3O3/c1-33-26-18-24(9-11-25(26)31)21-29-13-5-8-23(20-29)10-12-27(32)30-16-14-28(15-17-30)19-22-6-3-2-4-7-22/h2-4,6-7,9,11,18,23,31H,5,8,10,12-17,19-21H2,1H3/t23-/m0/s1. The Morgan fingerprint density at radius 3 is 2.48 bits per heavy atom. The van der Waals surface area contributed by atoms with Crippen LogP contribution in [-0.2, 0) is 17.9 Å². The van der Waals surface area contributed by atoms with Gasteiger partial charge in [-0.05, 0) is 55.0 Å². The molecule has 178 valence electrons. The molecular weight excluding hydrogens is 414 g/mol. The molecule has 1 N–H and O–H groups in total. The predicted octanol–water partition coefficient (Wildman–Crippen LogP) is 3.74. The van der Waals surface area contributed by atoms with Gasteiger partial charge in [-0.1, -0.05) is 36.4 Å². The Balaban J connectivity index is 1.19. The molecule has 2 aliphatic heterocycles. The highest BCUT2D eigenvalue weighted by Crippen LogP contribution is 2.28. The van der Waals surface area contributed by atoms with Gasteiger partial charge in [0.05, 0.1) is 7.11 Å². The van der Waals surface area contributed by atoms with Gasteiger partial charge in [0.25, 0.3) is 0 Å². The van der Waals surface area contributed by atoms with Gasteiger partial charge in [-0.3, -0.25) is 14.6 Å². The van der Waals surface area contributed by atoms with Crippen molar-refractivity contribution in [3.8, 4) is 11.5 Å². The average Bonchev–Trinajstić information content (AvgIpc) is 2.85. The normalized spacial score (nSPS) is 20.0. The molecule has 6 heteroatoms. The molecule has 0 saturated carbocycles. The van der Waals surface area contributed by atoms with Gasteiger partial charge >= 0.3 is 0 Å². The van der Waals surface area contributed by atoms with Gasteiger partial charge in [-0.15, -0.1) is 0 Å². The molecule has 2 aliphatic rings. The number of rotatable bonds is 8. The van der Waals surface area contributed by atoms with Crippen LogP contribution in [0.1, 0.15) is 36.8 Å². The predicted molar refractivity (Wildman–Crippen MR) is 130 cm³/mol. The largest absolute Gasteiger partial charge is 0.504 e. The van der Waals surface area contributed by atoms with Crippen LogP contribution in [0.25, 0.3) is 0 Å². The topological polar surface area (TPSA) is 56.2 Å². The summed E-state index contributed by atoms with van der Waals surface area (Å²) in [7, 11) is 1.58. The Labute approximate surface area is 197 Å². The molecule has 0 aliphatic carbocycles. The van der Waals surface area contributed by atoms with Crippen molar-refractivity contribution in [2.45, 2.75) is 38.8 Å². The van der Waals surface area contributed by atoms with E-state index in [0.29, 0.717) is 24.0 Å². The summed E-state index contributed by atoms with van der Waals surface area (Å²) in [4.78, 5) is 19.8. The van der Waals surface area contributed by atoms with E-state index in [1.807, 2.05) is 12.1 Å². The van der Waals surface area contributed by atoms with Crippen LogP contribution in [0.4, 0.5) is 0 Å². The molecule has 0 unspecified atom stereocenters. The maximum absolute atomic E-state index is 12.8. The third-order valence-electron chi connectivity index (χ3n) is 6.99. The summed E-state index contributed by atoms with van der Waals surface area (Å²) in [5.41, 5.74) is 2.49. The SMILES string of the molecule is COc1cc(CN2CCC[C@@H](CCC(=O)N3CCN(Cc4ccccc4)CC3)C2)ccc1O. The molecule has 2 saturated heterocycles. The maximum atomic E-state index is 12.8. The van der Waals surface area contributed by atoms with Crippen molar-refractivity contribution in [1.29, 1.82) is 0 Å². The smallest absolute Gasteiger partial charge is 0.222 e. The van der Waals surface area contributed by atoms with Crippen LogP contribution in [0.2, 0.25) is 0 Å². The lowest BCUT2D eigenvalue weighted by atomic mass is 9.92. The van der Waals surface area contributed by atoms with E-state index in [1.54, 1.807) is 13.2 Å². The highest BCUT2D eigenvalue weighted by Gasteiger charge is 2.24. The van der Waals surface area contributed by atoms with Crippen molar-refractivity contribution >= 4 is 5.91 Å². The Morgan fingerprint density at radius 1 is 0.970 bits per heavy atom. The first-order chi connectivity index (χ1) is 16.1. The van der Waals surface area contributed by atoms with Crippen molar-refractivity contribution < 1.29 is 14.6 Å². The molecule has 2 aromatic carbocycles. The summed E-state index contributed by atoms with van der Waals surface area (Å²) in [5.74, 6) is 1.59. The third kappa shape index (κ3) is 6.71. The molecule has 0 bridgehead atoms. The number of ether oxygens (including phenoxy) is 1. The van der Waals surface area contributed by atoms with Gasteiger partial charge in [-0.25, -0.2) is 0 Å². The Hall–Kier alpha value is -2.57. The number of piperazine rings is 1. The van der Waals surface area contributed by atoms with Gasteiger partial charge in [0, 0.05) is 52.2 Å². The van der Waals surface area contributed by atoms with E-state index in [4.69, 9.17) is 4.74 Å². The van der Waals surface area contributed by atoms with Gasteiger partial charge in [0.2, 0.25) is 5.91 Å². The lowest BCUT2D eigenvalue weighted by Gasteiger charge is -2.36. The third-order valence-corrected chi connectivity index (χ3v) is 6.99. The quantitative estimate of drug-likeness (QED) is 0.663. The van der Waals surface area contributed by atoms with E-state index in [1.165, 1.54) is 18.4 Å². The van der Waals surface area contributed by atoms with Crippen molar-refractivity contribution in [1.82, 2.24) is 14.7 Å². The highest BCUT2D eigenvalue weighted by molar-refractivity contribution is 5.76. The number of phenolic OH excluding ortho intramolecular Hbond substituents is 1. The van der Waals surface area contributed by atoms with E-state index < -0.39 is 0 Å². The molecule has 2 fully saturated rings. The van der Waals surface area contributed by atoms with Crippen LogP contribution in [0.15, 0.2) is 48.5 Å². The number of piperidine rings is 1. The molecular formula is C27H37N3O3. The second kappa shape index (κ2) is 11.5. The first-order valence-electron chi connectivity index (χ1n) is 12.2. The number of likely N-dealkylation sites (tertiary alicyclic amines) is 1. The van der Waals surface area contributed by atoms with Gasteiger partial charge in [0.1, 0.15) is 0 Å². The number of carbonyl (C=O) groups is 1. The monoisotopic (exact) mass is 451 g/mol. The number of methoxy groups -OCH3 is 1. The summed E-state index contributed by atoms with van der Waals surface area (Å²) < 4.78 is 5.24. The number of hydrogen-bond donors (Lipinski definition) is 1. The summed E-state index contributed by atoms with van der Waals surface area (Å²) >= 11 is 0. The van der Waals surface area contributed by atoms with E-state index in [-0.39, 0.29) is 5.75 Å². The molecule has 4 rings (SSSR count). The summed E-state index contributed by atoms with van der Waals surface area (Å²) in [5, 5.41) is 9.82. The van der Waals surface area contributed by atoms with E-state index in [0.717, 1.165) is 64.3 Å². The molecule has 33 heavy (non-hydrogen) atoms. The zero-order valence-corrected chi connectivity index (χ0v) is 19.8. The summed E-state index contributed by atoms with van der Waals surface area (Å²) in [6.45, 7) is 7.51. The van der Waals surface area contributed by atoms with Gasteiger partial charge in [-0.2, -0.15) is 0 Å².